The summed E-state index contributed by atoms with van der Waals surface area (Å²) < 4.78 is 0. The van der Waals surface area contributed by atoms with Crippen molar-refractivity contribution in [3.63, 3.8) is 0 Å². The van der Waals surface area contributed by atoms with Crippen molar-refractivity contribution in [2.75, 3.05) is 26.2 Å². The molecule has 0 radical (unpaired) electrons. The lowest BCUT2D eigenvalue weighted by Crippen LogP contribution is -2.64. The molecule has 1 saturated heterocycles. The zero-order valence-electron chi connectivity index (χ0n) is 63.6. The van der Waals surface area contributed by atoms with Crippen LogP contribution in [0.1, 0.15) is 141 Å². The number of carbonyl (C=O) groups is 19. The van der Waals surface area contributed by atoms with Gasteiger partial charge in [0.15, 0.2) is 0 Å². The Labute approximate surface area is 657 Å². The van der Waals surface area contributed by atoms with Crippen molar-refractivity contribution < 1.29 is 117 Å². The summed E-state index contributed by atoms with van der Waals surface area (Å²) >= 11 is 0. The van der Waals surface area contributed by atoms with Crippen LogP contribution in [0.5, 0.6) is 0 Å². The van der Waals surface area contributed by atoms with Gasteiger partial charge in [-0.05, 0) is 75.8 Å². The van der Waals surface area contributed by atoms with Gasteiger partial charge < -0.3 is 121 Å². The number of nitrogens with two attached hydrogens (primary N) is 2. The first kappa shape index (κ1) is 93.0. The Morgan fingerprint density at radius 2 is 0.957 bits per heavy atom. The number of fused-ring (bicyclic) bond motifs is 2. The third-order valence-corrected chi connectivity index (χ3v) is 18.3. The van der Waals surface area contributed by atoms with Gasteiger partial charge in [-0.25, -0.2) is 0 Å². The van der Waals surface area contributed by atoms with E-state index in [1.807, 2.05) is 5.32 Å². The molecule has 4 aromatic rings. The van der Waals surface area contributed by atoms with Crippen LogP contribution < -0.4 is 85.9 Å². The van der Waals surface area contributed by atoms with Crippen molar-refractivity contribution in [1.82, 2.24) is 84.4 Å². The highest BCUT2D eigenvalue weighted by molar-refractivity contribution is 6.02. The molecular weight excluding hydrogens is 1510 g/mol. The molecule has 42 heteroatoms. The largest absolute Gasteiger partial charge is 0.481 e. The van der Waals surface area contributed by atoms with Crippen LogP contribution in [-0.4, -0.2) is 247 Å². The van der Waals surface area contributed by atoms with Crippen LogP contribution >= 0.6 is 0 Å². The predicted molar refractivity (Wildman–Crippen MR) is 405 cm³/mol. The molecule has 2 aromatic heterocycles. The van der Waals surface area contributed by atoms with Crippen molar-refractivity contribution >= 4 is 134 Å². The van der Waals surface area contributed by atoms with E-state index in [-0.39, 0.29) is 38.6 Å². The minimum absolute atomic E-state index is 0.00228. The topological polar surface area (TPSA) is 678 Å². The summed E-state index contributed by atoms with van der Waals surface area (Å²) in [7, 11) is 0. The van der Waals surface area contributed by atoms with Crippen LogP contribution in [0.15, 0.2) is 60.9 Å². The first-order valence-corrected chi connectivity index (χ1v) is 37.3. The Morgan fingerprint density at radius 1 is 0.470 bits per heavy atom. The SMILES string of the molecule is CCCCCCCCCC(=O)N[C@@H](Cc1c[nH]c2ccccc12)C(=O)N[C@H](CC(N)=O)C(=O)N[C@@H](CC(=O)O)C(=O)N[C@@H]1C(=O)NCC(=O)N[C@@H](CCCCN)C(=O)N[C@@H](CC(=O)O)C(=O)N[C@H](C)C(=O)N[C@@H](CC(=O)O)C(=O)NCC(=O)N[C@H](CO)C(=O)N[C@@H](CCC(=O)O)C(=O)N[C@@H](Cc2c[nH]c3ccccc23)C(=O)N[C@@H]1C. The van der Waals surface area contributed by atoms with Gasteiger partial charge in [-0.15, -0.1) is 0 Å². The van der Waals surface area contributed by atoms with Crippen LogP contribution in [0, 0.1) is 0 Å². The predicted octanol–water partition coefficient (Wildman–Crippen LogP) is -5.04. The second kappa shape index (κ2) is 47.0. The van der Waals surface area contributed by atoms with E-state index in [2.05, 4.69) is 86.0 Å². The van der Waals surface area contributed by atoms with Crippen molar-refractivity contribution in [2.45, 2.75) is 215 Å². The lowest BCUT2D eigenvalue weighted by Gasteiger charge is -2.30. The number of para-hydroxylation sites is 2. The van der Waals surface area contributed by atoms with Crippen LogP contribution in [-0.2, 0) is 104 Å². The average Bonchev–Trinajstić information content (AvgIpc) is 1.72. The highest BCUT2D eigenvalue weighted by Crippen LogP contribution is 2.22. The van der Waals surface area contributed by atoms with Crippen molar-refractivity contribution in [3.8, 4) is 0 Å². The van der Waals surface area contributed by atoms with Crippen molar-refractivity contribution in [3.05, 3.63) is 72.1 Å². The van der Waals surface area contributed by atoms with Crippen LogP contribution in [0.25, 0.3) is 21.8 Å². The molecule has 42 nitrogen and oxygen atoms in total. The number of nitrogens with one attached hydrogen (secondary N) is 16. The highest BCUT2D eigenvalue weighted by atomic mass is 16.4. The molecule has 0 spiro atoms. The van der Waals surface area contributed by atoms with E-state index in [9.17, 15) is 112 Å². The number of hydrogen-bond acceptors (Lipinski definition) is 21. The third-order valence-electron chi connectivity index (χ3n) is 18.3. The summed E-state index contributed by atoms with van der Waals surface area (Å²) in [6.45, 7) is 0.672. The number of unbranched alkanes of at least 4 members (excludes halogenated alkanes) is 7. The Morgan fingerprint density at radius 3 is 1.53 bits per heavy atom. The molecule has 115 heavy (non-hydrogen) atoms. The maximum Gasteiger partial charge on any atom is 0.305 e. The van der Waals surface area contributed by atoms with Crippen LogP contribution in [0.2, 0.25) is 0 Å². The number of primary amides is 1. The van der Waals surface area contributed by atoms with E-state index in [0.29, 0.717) is 45.8 Å². The fraction of sp³-hybridized carbons (Fsp3) is 0.521. The van der Waals surface area contributed by atoms with Gasteiger partial charge in [0.05, 0.1) is 51.4 Å². The second-order valence-electron chi connectivity index (χ2n) is 27.5. The van der Waals surface area contributed by atoms with E-state index < -0.39 is 250 Å². The number of aliphatic hydroxyl groups is 1. The summed E-state index contributed by atoms with van der Waals surface area (Å²) in [5, 5.41) is 82.6. The van der Waals surface area contributed by atoms with Gasteiger partial charge in [-0.3, -0.25) is 91.1 Å². The fourth-order valence-electron chi connectivity index (χ4n) is 12.2. The lowest BCUT2D eigenvalue weighted by molar-refractivity contribution is -0.142. The number of carboxylic acids is 4. The molecule has 3 heterocycles. The quantitative estimate of drug-likeness (QED) is 0.0192. The Balaban J connectivity index is 1.59. The van der Waals surface area contributed by atoms with Gasteiger partial charge >= 0.3 is 23.9 Å². The second-order valence-corrected chi connectivity index (χ2v) is 27.5. The molecule has 0 unspecified atom stereocenters. The number of H-pyrrole nitrogens is 2. The standard InChI is InChI=1S/C73H102N18O24/c1-4-5-6-7-8-9-10-22-55(94)83-47(26-39-32-76-43-19-13-11-17-41(39)43)69(111)88-49(28-54(75)93)70(112)90-52(31-61(103)104)71(113)91-62-37(2)80-67(109)48(27-40-33-77-44-20-14-12-18-42(40)44)87-66(108)46(23-24-58(97)98)85-72(114)53(36-92)84-57(96)34-78-64(106)50(29-59(99)100)86-63(105)38(3)81-68(110)51(30-60(101)102)89-65(107)45(21-15-16-25-74)82-56(95)35-79-73(62)115/h11-14,17-20,32-33,37-38,45-53,62,76-77,92H,4-10,15-16,21-31,34-36,74H2,1-3H3,(H2,75,93)(H,78,106)(H,79,115)(H,80,109)(H,81,110)(H,82,95)(H,83,94)(H,84,96)(H,85,114)(H,86,105)(H,87,108)(H,88,111)(H,89,107)(H,90,112)(H,91,113)(H,97,98)(H,99,100)(H,101,102)(H,103,104)/t37-,38-,45+,46+,47+,48+,49-,50+,51+,52+,53-,62+/m1/s1. The van der Waals surface area contributed by atoms with Gasteiger partial charge in [0.1, 0.15) is 66.5 Å². The monoisotopic (exact) mass is 1610 g/mol. The number of carboxylic acid groups (broad SMARTS) is 4. The number of benzene rings is 2. The van der Waals surface area contributed by atoms with Crippen LogP contribution in [0.3, 0.4) is 0 Å². The summed E-state index contributed by atoms with van der Waals surface area (Å²) in [5.74, 6) is -25.5. The molecule has 15 amide bonds. The van der Waals surface area contributed by atoms with Gasteiger partial charge in [0.2, 0.25) is 88.6 Å². The Bertz CT molecular complexity index is 4170. The van der Waals surface area contributed by atoms with E-state index in [1.165, 1.54) is 6.20 Å². The number of aliphatic carboxylic acids is 4. The van der Waals surface area contributed by atoms with Gasteiger partial charge in [0, 0.05) is 59.9 Å². The number of rotatable bonds is 35. The molecule has 1 aliphatic heterocycles. The highest BCUT2D eigenvalue weighted by Gasteiger charge is 2.39. The number of carbonyl (C=O) groups excluding carboxylic acids is 15. The van der Waals surface area contributed by atoms with E-state index in [4.69, 9.17) is 11.5 Å². The van der Waals surface area contributed by atoms with Gasteiger partial charge in [-0.1, -0.05) is 81.8 Å². The zero-order chi connectivity index (χ0) is 85.0. The van der Waals surface area contributed by atoms with Crippen molar-refractivity contribution in [1.29, 1.82) is 0 Å². The molecule has 25 N–H and O–H groups in total. The van der Waals surface area contributed by atoms with Gasteiger partial charge in [-0.2, -0.15) is 0 Å². The van der Waals surface area contributed by atoms with Gasteiger partial charge in [0.25, 0.3) is 0 Å². The molecule has 0 saturated carbocycles. The molecule has 12 atom stereocenters. The summed E-state index contributed by atoms with van der Waals surface area (Å²) in [5.41, 5.74) is 13.3. The molecule has 0 bridgehead atoms. The molecule has 1 fully saturated rings. The fourth-order valence-corrected chi connectivity index (χ4v) is 12.2. The third kappa shape index (κ3) is 31.5. The zero-order valence-corrected chi connectivity index (χ0v) is 63.6. The number of hydrogen-bond donors (Lipinski definition) is 23. The van der Waals surface area contributed by atoms with E-state index in [0.717, 1.165) is 46.0 Å². The van der Waals surface area contributed by atoms with E-state index in [1.54, 1.807) is 54.7 Å². The number of aromatic nitrogens is 2. The van der Waals surface area contributed by atoms with E-state index >= 15 is 4.79 Å². The summed E-state index contributed by atoms with van der Waals surface area (Å²) in [4.78, 5) is 266. The minimum atomic E-state index is -2.30. The van der Waals surface area contributed by atoms with Crippen LogP contribution in [0.4, 0.5) is 0 Å². The number of aromatic amines is 2. The number of aliphatic hydroxyl groups excluding tert-OH is 1. The molecule has 5 rings (SSSR count). The molecule has 628 valence electrons. The Kier molecular flexibility index (Phi) is 38.0. The normalized spacial score (nSPS) is 21.0. The molecular formula is C73H102N18O24. The maximum atomic E-state index is 15.1. The molecule has 0 aliphatic carbocycles. The maximum absolute atomic E-state index is 15.1. The smallest absolute Gasteiger partial charge is 0.305 e. The molecule has 2 aromatic carbocycles. The Hall–Kier alpha value is -12.6. The van der Waals surface area contributed by atoms with Crippen molar-refractivity contribution in [2.24, 2.45) is 11.5 Å². The minimum Gasteiger partial charge on any atom is -0.481 e. The lowest BCUT2D eigenvalue weighted by atomic mass is 10.0. The number of amides is 15. The summed E-state index contributed by atoms with van der Waals surface area (Å²) in [6.07, 6.45) is 2.10. The first-order chi connectivity index (χ1) is 54.6. The molecule has 1 aliphatic rings. The first-order valence-electron chi connectivity index (χ1n) is 37.3. The average molecular weight is 1620 g/mol. The summed E-state index contributed by atoms with van der Waals surface area (Å²) in [6, 6.07) is -9.71.